The van der Waals surface area contributed by atoms with Crippen LogP contribution in [0.3, 0.4) is 0 Å². The molecule has 0 radical (unpaired) electrons. The molecule has 3 amide bonds. The molecule has 10 heteroatoms. The molecule has 0 aliphatic carbocycles. The fourth-order valence-corrected chi connectivity index (χ4v) is 3.96. The summed E-state index contributed by atoms with van der Waals surface area (Å²) in [6.07, 6.45) is 1.38. The first-order valence-electron chi connectivity index (χ1n) is 11.3. The molecule has 0 spiro atoms. The molecule has 0 aliphatic rings. The van der Waals surface area contributed by atoms with Crippen LogP contribution in [0.2, 0.25) is 0 Å². The number of nitrogens with zero attached hydrogens (tertiary/aromatic N) is 1. The molecule has 0 aliphatic heterocycles. The number of carbonyl (C=O) groups excluding carboxylic acids is 3. The Bertz CT molecular complexity index is 1310. The molecule has 37 heavy (non-hydrogen) atoms. The number of para-hydroxylation sites is 1. The van der Waals surface area contributed by atoms with Gasteiger partial charge in [0, 0.05) is 12.2 Å². The summed E-state index contributed by atoms with van der Waals surface area (Å²) >= 11 is 2.06. The zero-order chi connectivity index (χ0) is 26.8. The van der Waals surface area contributed by atoms with E-state index in [0.717, 1.165) is 22.4 Å². The lowest BCUT2D eigenvalue weighted by atomic mass is 10.1. The Hall–Kier alpha value is -3.93. The molecule has 0 atom stereocenters. The second-order valence-corrected chi connectivity index (χ2v) is 9.22. The minimum atomic E-state index is -0.885. The molecule has 3 aromatic rings. The SMILES string of the molecule is COc1cc(/C=N\NC(=O)C(=O)NCc2ccc(C)cc2)cc(I)c1OCC(=O)Nc1ccccc1C. The summed E-state index contributed by atoms with van der Waals surface area (Å²) in [6, 6.07) is 18.5. The van der Waals surface area contributed by atoms with Crippen LogP contribution in [0.4, 0.5) is 5.69 Å². The third kappa shape index (κ3) is 8.31. The van der Waals surface area contributed by atoms with Crippen molar-refractivity contribution < 1.29 is 23.9 Å². The summed E-state index contributed by atoms with van der Waals surface area (Å²) in [7, 11) is 1.48. The third-order valence-electron chi connectivity index (χ3n) is 5.18. The average Bonchev–Trinajstić information content (AvgIpc) is 2.88. The summed E-state index contributed by atoms with van der Waals surface area (Å²) in [5.74, 6) is -1.19. The molecule has 0 aromatic heterocycles. The third-order valence-corrected chi connectivity index (χ3v) is 5.98. The molecule has 0 fully saturated rings. The number of ether oxygens (including phenoxy) is 2. The lowest BCUT2D eigenvalue weighted by Gasteiger charge is -2.14. The van der Waals surface area contributed by atoms with Crippen molar-refractivity contribution in [2.75, 3.05) is 19.0 Å². The minimum absolute atomic E-state index is 0.206. The van der Waals surface area contributed by atoms with Crippen molar-refractivity contribution in [2.45, 2.75) is 20.4 Å². The van der Waals surface area contributed by atoms with Crippen LogP contribution in [0.25, 0.3) is 0 Å². The number of nitrogens with one attached hydrogen (secondary N) is 3. The van der Waals surface area contributed by atoms with Gasteiger partial charge >= 0.3 is 11.8 Å². The van der Waals surface area contributed by atoms with E-state index in [0.29, 0.717) is 20.6 Å². The number of aryl methyl sites for hydroxylation is 2. The largest absolute Gasteiger partial charge is 0.493 e. The molecule has 0 saturated heterocycles. The van der Waals surface area contributed by atoms with Crippen molar-refractivity contribution in [3.8, 4) is 11.5 Å². The van der Waals surface area contributed by atoms with Crippen LogP contribution < -0.4 is 25.5 Å². The highest BCUT2D eigenvalue weighted by molar-refractivity contribution is 14.1. The van der Waals surface area contributed by atoms with E-state index in [9.17, 15) is 14.4 Å². The number of hydrogen-bond acceptors (Lipinski definition) is 6. The second-order valence-electron chi connectivity index (χ2n) is 8.05. The van der Waals surface area contributed by atoms with E-state index < -0.39 is 11.8 Å². The van der Waals surface area contributed by atoms with Gasteiger partial charge in [0.05, 0.1) is 16.9 Å². The molecule has 3 N–H and O–H groups in total. The lowest BCUT2D eigenvalue weighted by molar-refractivity contribution is -0.139. The van der Waals surface area contributed by atoms with Crippen LogP contribution in [-0.4, -0.2) is 37.7 Å². The molecule has 192 valence electrons. The lowest BCUT2D eigenvalue weighted by Crippen LogP contribution is -2.37. The van der Waals surface area contributed by atoms with Gasteiger partial charge in [-0.15, -0.1) is 0 Å². The van der Waals surface area contributed by atoms with Crippen LogP contribution in [0.1, 0.15) is 22.3 Å². The van der Waals surface area contributed by atoms with E-state index in [2.05, 4.69) is 43.8 Å². The van der Waals surface area contributed by atoms with Crippen molar-refractivity contribution >= 4 is 52.2 Å². The van der Waals surface area contributed by atoms with E-state index in [1.165, 1.54) is 13.3 Å². The molecule has 0 saturated carbocycles. The van der Waals surface area contributed by atoms with Gasteiger partial charge in [0.1, 0.15) is 0 Å². The summed E-state index contributed by atoms with van der Waals surface area (Å²) < 4.78 is 11.8. The van der Waals surface area contributed by atoms with Crippen LogP contribution in [0, 0.1) is 17.4 Å². The Balaban J connectivity index is 1.54. The van der Waals surface area contributed by atoms with E-state index >= 15 is 0 Å². The second kappa shape index (κ2) is 13.4. The highest BCUT2D eigenvalue weighted by Crippen LogP contribution is 2.33. The molecule has 3 aromatic carbocycles. The maximum Gasteiger partial charge on any atom is 0.329 e. The first kappa shape index (κ1) is 27.7. The van der Waals surface area contributed by atoms with Crippen LogP contribution in [0.15, 0.2) is 65.8 Å². The molecule has 3 rings (SSSR count). The maximum absolute atomic E-state index is 12.3. The highest BCUT2D eigenvalue weighted by Gasteiger charge is 2.15. The number of hydrogen-bond donors (Lipinski definition) is 3. The number of anilines is 1. The Labute approximate surface area is 228 Å². The average molecular weight is 614 g/mol. The molecule has 0 bridgehead atoms. The Morgan fingerprint density at radius 2 is 1.73 bits per heavy atom. The number of carbonyl (C=O) groups is 3. The summed E-state index contributed by atoms with van der Waals surface area (Å²) in [6.45, 7) is 3.90. The van der Waals surface area contributed by atoms with E-state index in [1.54, 1.807) is 12.1 Å². The van der Waals surface area contributed by atoms with Crippen LogP contribution >= 0.6 is 22.6 Å². The van der Waals surface area contributed by atoms with Gasteiger partial charge < -0.3 is 20.1 Å². The van der Waals surface area contributed by atoms with E-state index in [-0.39, 0.29) is 19.1 Å². The van der Waals surface area contributed by atoms with Gasteiger partial charge in [-0.3, -0.25) is 14.4 Å². The topological polar surface area (TPSA) is 118 Å². The standard InChI is InChI=1S/C27H27IN4O5/c1-17-8-10-19(11-9-17)14-29-26(34)27(35)32-30-15-20-12-21(28)25(23(13-20)36-3)37-16-24(33)31-22-7-5-4-6-18(22)2/h4-13,15H,14,16H2,1-3H3,(H,29,34)(H,31,33)(H,32,35)/b30-15-. The summed E-state index contributed by atoms with van der Waals surface area (Å²) in [5, 5.41) is 9.22. The molecular weight excluding hydrogens is 587 g/mol. The van der Waals surface area contributed by atoms with Crippen molar-refractivity contribution in [2.24, 2.45) is 5.10 Å². The van der Waals surface area contributed by atoms with Crippen molar-refractivity contribution in [1.82, 2.24) is 10.7 Å². The quantitative estimate of drug-likeness (QED) is 0.147. The Kier molecular flexibility index (Phi) is 10.0. The van der Waals surface area contributed by atoms with Gasteiger partial charge in [-0.05, 0) is 71.3 Å². The number of amides is 3. The first-order chi connectivity index (χ1) is 17.8. The maximum atomic E-state index is 12.3. The zero-order valence-electron chi connectivity index (χ0n) is 20.6. The van der Waals surface area contributed by atoms with Gasteiger partial charge in [0.15, 0.2) is 18.1 Å². The fourth-order valence-electron chi connectivity index (χ4n) is 3.18. The van der Waals surface area contributed by atoms with E-state index in [1.807, 2.05) is 62.4 Å². The van der Waals surface area contributed by atoms with Gasteiger partial charge in [-0.1, -0.05) is 48.0 Å². The Morgan fingerprint density at radius 3 is 2.43 bits per heavy atom. The van der Waals surface area contributed by atoms with Gasteiger partial charge in [0.2, 0.25) is 0 Å². The molecule has 9 nitrogen and oxygen atoms in total. The number of methoxy groups -OCH3 is 1. The monoisotopic (exact) mass is 614 g/mol. The van der Waals surface area contributed by atoms with Gasteiger partial charge in [-0.2, -0.15) is 5.10 Å². The number of benzene rings is 3. The highest BCUT2D eigenvalue weighted by atomic mass is 127. The van der Waals surface area contributed by atoms with E-state index in [4.69, 9.17) is 9.47 Å². The van der Waals surface area contributed by atoms with Crippen molar-refractivity contribution in [3.63, 3.8) is 0 Å². The van der Waals surface area contributed by atoms with Crippen LogP contribution in [0.5, 0.6) is 11.5 Å². The van der Waals surface area contributed by atoms with Gasteiger partial charge in [-0.25, -0.2) is 5.43 Å². The predicted octanol–water partition coefficient (Wildman–Crippen LogP) is 3.70. The van der Waals surface area contributed by atoms with Crippen molar-refractivity contribution in [3.05, 3.63) is 86.5 Å². The first-order valence-corrected chi connectivity index (χ1v) is 12.4. The van der Waals surface area contributed by atoms with Crippen molar-refractivity contribution in [1.29, 1.82) is 0 Å². The van der Waals surface area contributed by atoms with Crippen LogP contribution in [-0.2, 0) is 20.9 Å². The number of halogens is 1. The number of hydrazone groups is 1. The molecular formula is C27H27IN4O5. The molecule has 0 heterocycles. The predicted molar refractivity (Wildman–Crippen MR) is 150 cm³/mol. The fraction of sp³-hybridized carbons (Fsp3) is 0.185. The minimum Gasteiger partial charge on any atom is -0.493 e. The normalized spacial score (nSPS) is 10.6. The zero-order valence-corrected chi connectivity index (χ0v) is 22.8. The summed E-state index contributed by atoms with van der Waals surface area (Å²) in [5.41, 5.74) is 6.46. The smallest absolute Gasteiger partial charge is 0.329 e. The van der Waals surface area contributed by atoms with Gasteiger partial charge in [0.25, 0.3) is 5.91 Å². The summed E-state index contributed by atoms with van der Waals surface area (Å²) in [4.78, 5) is 36.4. The molecule has 0 unspecified atom stereocenters. The number of rotatable bonds is 9. The Morgan fingerprint density at radius 1 is 1.00 bits per heavy atom.